The first kappa shape index (κ1) is 14.3. The summed E-state index contributed by atoms with van der Waals surface area (Å²) in [7, 11) is -2.78. The van der Waals surface area contributed by atoms with Crippen LogP contribution in [-0.2, 0) is 9.84 Å². The van der Waals surface area contributed by atoms with Crippen LogP contribution in [0.25, 0.3) is 0 Å². The quantitative estimate of drug-likeness (QED) is 0.788. The second kappa shape index (κ2) is 4.50. The molecule has 0 unspecified atom stereocenters. The third-order valence-corrected chi connectivity index (χ3v) is 4.83. The van der Waals surface area contributed by atoms with Gasteiger partial charge in [0, 0.05) is 23.4 Å². The largest absolute Gasteiger partial charge is 0.296 e. The molecule has 1 aliphatic rings. The van der Waals surface area contributed by atoms with Crippen molar-refractivity contribution < 1.29 is 8.42 Å². The Hall–Kier alpha value is 0.260. The fourth-order valence-electron chi connectivity index (χ4n) is 2.49. The van der Waals surface area contributed by atoms with E-state index in [0.717, 1.165) is 6.42 Å². The van der Waals surface area contributed by atoms with E-state index < -0.39 is 9.84 Å². The summed E-state index contributed by atoms with van der Waals surface area (Å²) in [5.74, 6) is 0.590. The van der Waals surface area contributed by atoms with Crippen molar-refractivity contribution >= 4 is 22.5 Å². The van der Waals surface area contributed by atoms with E-state index in [1.807, 2.05) is 0 Å². The highest BCUT2D eigenvalue weighted by Gasteiger charge is 2.35. The lowest BCUT2D eigenvalue weighted by Gasteiger charge is -2.43. The molecular weight excluding hydrogens is 242 g/mol. The highest BCUT2D eigenvalue weighted by molar-refractivity contribution is 7.91. The summed E-state index contributed by atoms with van der Waals surface area (Å²) in [5, 5.41) is 0. The molecule has 5 heteroatoms. The van der Waals surface area contributed by atoms with E-state index >= 15 is 0 Å². The van der Waals surface area contributed by atoms with Gasteiger partial charge in [-0.25, -0.2) is 8.42 Å². The third-order valence-electron chi connectivity index (χ3n) is 3.07. The lowest BCUT2D eigenvalue weighted by atomic mass is 9.90. The summed E-state index contributed by atoms with van der Waals surface area (Å²) < 4.78 is 22.7. The SMILES string of the molecule is CC(C)(S)CC(C)(C)N1CCS(=O)(=O)CC1. The van der Waals surface area contributed by atoms with Crippen molar-refractivity contribution in [3.63, 3.8) is 0 Å². The van der Waals surface area contributed by atoms with Crippen molar-refractivity contribution in [3.8, 4) is 0 Å². The lowest BCUT2D eigenvalue weighted by molar-refractivity contribution is 0.114. The average Bonchev–Trinajstić information content (AvgIpc) is 1.98. The van der Waals surface area contributed by atoms with E-state index in [0.29, 0.717) is 24.6 Å². The monoisotopic (exact) mass is 265 g/mol. The number of thiol groups is 1. The number of hydrogen-bond acceptors (Lipinski definition) is 4. The van der Waals surface area contributed by atoms with Gasteiger partial charge >= 0.3 is 0 Å². The number of sulfone groups is 1. The molecule has 0 aliphatic carbocycles. The number of rotatable bonds is 3. The van der Waals surface area contributed by atoms with Gasteiger partial charge in [0.05, 0.1) is 11.5 Å². The van der Waals surface area contributed by atoms with Crippen LogP contribution in [-0.4, -0.2) is 48.2 Å². The molecule has 0 atom stereocenters. The van der Waals surface area contributed by atoms with Gasteiger partial charge in [0.1, 0.15) is 0 Å². The van der Waals surface area contributed by atoms with Crippen molar-refractivity contribution in [1.82, 2.24) is 4.90 Å². The van der Waals surface area contributed by atoms with Crippen molar-refractivity contribution in [2.75, 3.05) is 24.6 Å². The fourth-order valence-corrected chi connectivity index (χ4v) is 4.08. The minimum Gasteiger partial charge on any atom is -0.296 e. The van der Waals surface area contributed by atoms with Crippen molar-refractivity contribution in [3.05, 3.63) is 0 Å². The molecule has 96 valence electrons. The molecule has 0 N–H and O–H groups in total. The molecule has 1 fully saturated rings. The van der Waals surface area contributed by atoms with E-state index in [1.165, 1.54) is 0 Å². The van der Waals surface area contributed by atoms with Gasteiger partial charge in [-0.3, -0.25) is 4.90 Å². The van der Waals surface area contributed by atoms with Crippen LogP contribution in [0.4, 0.5) is 0 Å². The maximum absolute atomic E-state index is 11.4. The Morgan fingerprint density at radius 3 is 1.94 bits per heavy atom. The van der Waals surface area contributed by atoms with Crippen LogP contribution < -0.4 is 0 Å². The maximum Gasteiger partial charge on any atom is 0.152 e. The zero-order valence-corrected chi connectivity index (χ0v) is 12.4. The zero-order valence-electron chi connectivity index (χ0n) is 10.7. The molecule has 1 saturated heterocycles. The fraction of sp³-hybridized carbons (Fsp3) is 1.00. The minimum absolute atomic E-state index is 0.0151. The van der Waals surface area contributed by atoms with Crippen LogP contribution in [0.5, 0.6) is 0 Å². The molecule has 0 amide bonds. The summed E-state index contributed by atoms with van der Waals surface area (Å²) in [6.07, 6.45) is 0.948. The molecular formula is C11H23NO2S2. The molecule has 0 aromatic heterocycles. The van der Waals surface area contributed by atoms with Crippen LogP contribution >= 0.6 is 12.6 Å². The van der Waals surface area contributed by atoms with Gasteiger partial charge in [-0.05, 0) is 20.3 Å². The van der Waals surface area contributed by atoms with E-state index in [9.17, 15) is 8.42 Å². The van der Waals surface area contributed by atoms with Gasteiger partial charge in [0.15, 0.2) is 9.84 Å². The number of nitrogens with zero attached hydrogens (tertiary/aromatic N) is 1. The predicted molar refractivity (Wildman–Crippen MR) is 72.0 cm³/mol. The number of hydrogen-bond donors (Lipinski definition) is 1. The van der Waals surface area contributed by atoms with Crippen LogP contribution in [0, 0.1) is 0 Å². The first-order valence-corrected chi connectivity index (χ1v) is 7.97. The van der Waals surface area contributed by atoms with Gasteiger partial charge in [0.2, 0.25) is 0 Å². The molecule has 1 aliphatic heterocycles. The van der Waals surface area contributed by atoms with Crippen LogP contribution in [0.1, 0.15) is 34.1 Å². The first-order valence-electron chi connectivity index (χ1n) is 5.70. The molecule has 0 aromatic rings. The normalized spacial score (nSPS) is 23.3. The van der Waals surface area contributed by atoms with Crippen LogP contribution in [0.2, 0.25) is 0 Å². The maximum atomic E-state index is 11.4. The summed E-state index contributed by atoms with van der Waals surface area (Å²) in [5.41, 5.74) is 0.0151. The first-order chi connectivity index (χ1) is 7.02. The summed E-state index contributed by atoms with van der Waals surface area (Å²) in [6.45, 7) is 9.83. The summed E-state index contributed by atoms with van der Waals surface area (Å²) in [6, 6.07) is 0. The Kier molecular flexibility index (Phi) is 4.03. The molecule has 0 bridgehead atoms. The third kappa shape index (κ3) is 4.26. The van der Waals surface area contributed by atoms with E-state index in [4.69, 9.17) is 0 Å². The molecule has 16 heavy (non-hydrogen) atoms. The van der Waals surface area contributed by atoms with Gasteiger partial charge in [0.25, 0.3) is 0 Å². The smallest absolute Gasteiger partial charge is 0.152 e. The van der Waals surface area contributed by atoms with Crippen LogP contribution in [0.15, 0.2) is 0 Å². The zero-order chi connectivity index (χ0) is 12.6. The molecule has 0 saturated carbocycles. The van der Waals surface area contributed by atoms with Gasteiger partial charge < -0.3 is 0 Å². The van der Waals surface area contributed by atoms with Crippen molar-refractivity contribution in [1.29, 1.82) is 0 Å². The Labute approximate surface area is 105 Å². The van der Waals surface area contributed by atoms with E-state index in [1.54, 1.807) is 0 Å². The molecule has 1 heterocycles. The topological polar surface area (TPSA) is 37.4 Å². The summed E-state index contributed by atoms with van der Waals surface area (Å²) >= 11 is 4.56. The Bertz CT molecular complexity index is 327. The Morgan fingerprint density at radius 1 is 1.12 bits per heavy atom. The van der Waals surface area contributed by atoms with Gasteiger partial charge in [-0.2, -0.15) is 12.6 Å². The van der Waals surface area contributed by atoms with E-state index in [2.05, 4.69) is 45.2 Å². The molecule has 1 rings (SSSR count). The molecule has 0 radical (unpaired) electrons. The van der Waals surface area contributed by atoms with Crippen molar-refractivity contribution in [2.45, 2.75) is 44.4 Å². The average molecular weight is 265 g/mol. The van der Waals surface area contributed by atoms with Gasteiger partial charge in [-0.15, -0.1) is 0 Å². The highest BCUT2D eigenvalue weighted by Crippen LogP contribution is 2.30. The lowest BCUT2D eigenvalue weighted by Crippen LogP contribution is -2.53. The molecule has 0 spiro atoms. The highest BCUT2D eigenvalue weighted by atomic mass is 32.2. The predicted octanol–water partition coefficient (Wildman–Crippen LogP) is 1.59. The standard InChI is InChI=1S/C11H23NO2S2/c1-10(2,9-11(3,4)15)12-5-7-16(13,14)8-6-12/h15H,5-9H2,1-4H3. The Morgan fingerprint density at radius 2 is 1.56 bits per heavy atom. The van der Waals surface area contributed by atoms with Gasteiger partial charge in [-0.1, -0.05) is 13.8 Å². The Balaban J connectivity index is 2.65. The van der Waals surface area contributed by atoms with Crippen LogP contribution in [0.3, 0.4) is 0 Å². The van der Waals surface area contributed by atoms with E-state index in [-0.39, 0.29) is 10.3 Å². The molecule has 3 nitrogen and oxygen atoms in total. The minimum atomic E-state index is -2.78. The second-order valence-electron chi connectivity index (χ2n) is 5.94. The summed E-state index contributed by atoms with van der Waals surface area (Å²) in [4.78, 5) is 2.27. The second-order valence-corrected chi connectivity index (χ2v) is 9.45. The molecule has 0 aromatic carbocycles. The van der Waals surface area contributed by atoms with Crippen molar-refractivity contribution in [2.24, 2.45) is 0 Å².